The van der Waals surface area contributed by atoms with Crippen LogP contribution in [0.25, 0.3) is 15.5 Å². The van der Waals surface area contributed by atoms with Gasteiger partial charge in [-0.15, -0.1) is 0 Å². The number of benzene rings is 2. The molecule has 0 bridgehead atoms. The Morgan fingerprint density at radius 1 is 1.17 bits per heavy atom. The summed E-state index contributed by atoms with van der Waals surface area (Å²) in [6.07, 6.45) is 0. The number of aromatic nitrogens is 3. The molecule has 2 aromatic heterocycles. The van der Waals surface area contributed by atoms with E-state index in [9.17, 15) is 9.59 Å². The van der Waals surface area contributed by atoms with Crippen LogP contribution in [0.5, 0.6) is 5.75 Å². The Balaban J connectivity index is 1.55. The average molecular weight is 406 g/mol. The fraction of sp³-hybridized carbons (Fsp3) is 0.143. The molecule has 0 aliphatic rings. The molecule has 0 atom stereocenters. The largest absolute Gasteiger partial charge is 0.497 e. The summed E-state index contributed by atoms with van der Waals surface area (Å²) < 4.78 is 6.38. The molecule has 2 heterocycles. The number of carbonyl (C=O) groups is 1. The zero-order valence-electron chi connectivity index (χ0n) is 15.9. The SMILES string of the molecule is COc1ccc(C(=O)NCc2cc(=O)n3nc(-c4cccc(C)c4)sc3n2)cc1. The summed E-state index contributed by atoms with van der Waals surface area (Å²) >= 11 is 1.34. The number of fused-ring (bicyclic) bond motifs is 1. The van der Waals surface area contributed by atoms with Gasteiger partial charge < -0.3 is 10.1 Å². The Hall–Kier alpha value is -3.52. The molecule has 0 spiro atoms. The summed E-state index contributed by atoms with van der Waals surface area (Å²) in [5, 5.41) is 7.89. The third kappa shape index (κ3) is 4.02. The molecule has 0 radical (unpaired) electrons. The van der Waals surface area contributed by atoms with Gasteiger partial charge in [0.1, 0.15) is 10.8 Å². The number of methoxy groups -OCH3 is 1. The van der Waals surface area contributed by atoms with Gasteiger partial charge in [-0.3, -0.25) is 9.59 Å². The highest BCUT2D eigenvalue weighted by Gasteiger charge is 2.12. The summed E-state index contributed by atoms with van der Waals surface area (Å²) in [5.74, 6) is 0.427. The van der Waals surface area contributed by atoms with Crippen molar-refractivity contribution < 1.29 is 9.53 Å². The number of rotatable bonds is 5. The number of nitrogens with zero attached hydrogens (tertiary/aromatic N) is 3. The minimum atomic E-state index is -0.279. The zero-order chi connectivity index (χ0) is 20.4. The van der Waals surface area contributed by atoms with Gasteiger partial charge in [-0.25, -0.2) is 4.98 Å². The van der Waals surface area contributed by atoms with E-state index in [1.54, 1.807) is 31.4 Å². The van der Waals surface area contributed by atoms with E-state index in [1.165, 1.54) is 21.9 Å². The van der Waals surface area contributed by atoms with E-state index in [0.717, 1.165) is 16.1 Å². The van der Waals surface area contributed by atoms with Crippen LogP contribution in [0, 0.1) is 6.92 Å². The Morgan fingerprint density at radius 2 is 1.97 bits per heavy atom. The lowest BCUT2D eigenvalue weighted by Gasteiger charge is -2.05. The molecule has 4 rings (SSSR count). The van der Waals surface area contributed by atoms with Crippen molar-refractivity contribution in [2.24, 2.45) is 0 Å². The lowest BCUT2D eigenvalue weighted by Crippen LogP contribution is -2.25. The molecule has 0 aliphatic heterocycles. The van der Waals surface area contributed by atoms with Crippen molar-refractivity contribution in [3.05, 3.63) is 81.8 Å². The van der Waals surface area contributed by atoms with Crippen molar-refractivity contribution in [1.82, 2.24) is 19.9 Å². The Bertz CT molecular complexity index is 1250. The van der Waals surface area contributed by atoms with Gasteiger partial charge in [-0.1, -0.05) is 35.1 Å². The van der Waals surface area contributed by atoms with Crippen LogP contribution < -0.4 is 15.6 Å². The molecular weight excluding hydrogens is 388 g/mol. The highest BCUT2D eigenvalue weighted by atomic mass is 32.1. The van der Waals surface area contributed by atoms with E-state index < -0.39 is 0 Å². The number of nitrogens with one attached hydrogen (secondary N) is 1. The fourth-order valence-electron chi connectivity index (χ4n) is 2.86. The predicted molar refractivity (Wildman–Crippen MR) is 111 cm³/mol. The van der Waals surface area contributed by atoms with Crippen molar-refractivity contribution in [3.8, 4) is 16.3 Å². The number of aryl methyl sites for hydroxylation is 1. The second-order valence-electron chi connectivity index (χ2n) is 6.47. The van der Waals surface area contributed by atoms with Gasteiger partial charge in [0.15, 0.2) is 0 Å². The lowest BCUT2D eigenvalue weighted by atomic mass is 10.1. The maximum atomic E-state index is 12.4. The van der Waals surface area contributed by atoms with Crippen LogP contribution >= 0.6 is 11.3 Å². The Morgan fingerprint density at radius 3 is 2.69 bits per heavy atom. The molecule has 7 nitrogen and oxygen atoms in total. The minimum absolute atomic E-state index is 0.147. The van der Waals surface area contributed by atoms with Crippen molar-refractivity contribution in [2.75, 3.05) is 7.11 Å². The topological polar surface area (TPSA) is 85.6 Å². The lowest BCUT2D eigenvalue weighted by molar-refractivity contribution is 0.0950. The molecule has 1 amide bonds. The van der Waals surface area contributed by atoms with E-state index in [-0.39, 0.29) is 18.0 Å². The molecular formula is C21H18N4O3S. The van der Waals surface area contributed by atoms with Gasteiger partial charge in [0.2, 0.25) is 4.96 Å². The van der Waals surface area contributed by atoms with E-state index in [4.69, 9.17) is 4.74 Å². The van der Waals surface area contributed by atoms with Crippen LogP contribution in [0.1, 0.15) is 21.6 Å². The maximum absolute atomic E-state index is 12.4. The van der Waals surface area contributed by atoms with Gasteiger partial charge >= 0.3 is 0 Å². The number of hydrogen-bond donors (Lipinski definition) is 1. The fourth-order valence-corrected chi connectivity index (χ4v) is 3.78. The predicted octanol–water partition coefficient (Wildman–Crippen LogP) is 3.07. The molecule has 146 valence electrons. The number of amides is 1. The number of hydrogen-bond acceptors (Lipinski definition) is 6. The van der Waals surface area contributed by atoms with E-state index in [2.05, 4.69) is 15.4 Å². The molecule has 29 heavy (non-hydrogen) atoms. The standard InChI is InChI=1S/C21H18N4O3S/c1-13-4-3-5-15(10-13)20-24-25-18(26)11-16(23-21(25)29-20)12-22-19(27)14-6-8-17(28-2)9-7-14/h3-11H,12H2,1-2H3,(H,22,27). The third-order valence-corrected chi connectivity index (χ3v) is 5.30. The first kappa shape index (κ1) is 18.8. The molecule has 0 saturated carbocycles. The maximum Gasteiger partial charge on any atom is 0.275 e. The first-order valence-electron chi connectivity index (χ1n) is 8.92. The second kappa shape index (κ2) is 7.84. The molecule has 0 saturated heterocycles. The van der Waals surface area contributed by atoms with Crippen LogP contribution in [0.3, 0.4) is 0 Å². The Kier molecular flexibility index (Phi) is 5.09. The average Bonchev–Trinajstić information content (AvgIpc) is 3.17. The van der Waals surface area contributed by atoms with Crippen molar-refractivity contribution >= 4 is 22.2 Å². The minimum Gasteiger partial charge on any atom is -0.497 e. The number of carbonyl (C=O) groups excluding carboxylic acids is 1. The van der Waals surface area contributed by atoms with Gasteiger partial charge in [0, 0.05) is 17.2 Å². The van der Waals surface area contributed by atoms with Crippen LogP contribution in [0.15, 0.2) is 59.4 Å². The summed E-state index contributed by atoms with van der Waals surface area (Å²) in [4.78, 5) is 29.7. The van der Waals surface area contributed by atoms with Gasteiger partial charge in [-0.2, -0.15) is 9.61 Å². The van der Waals surface area contributed by atoms with Gasteiger partial charge in [0.05, 0.1) is 19.3 Å². The smallest absolute Gasteiger partial charge is 0.275 e. The van der Waals surface area contributed by atoms with Crippen LogP contribution in [-0.2, 0) is 6.54 Å². The van der Waals surface area contributed by atoms with Gasteiger partial charge in [-0.05, 0) is 37.3 Å². The van der Waals surface area contributed by atoms with Crippen LogP contribution in [0.2, 0.25) is 0 Å². The second-order valence-corrected chi connectivity index (χ2v) is 7.42. The molecule has 4 aromatic rings. The van der Waals surface area contributed by atoms with E-state index >= 15 is 0 Å². The third-order valence-electron chi connectivity index (χ3n) is 4.35. The Labute approximate surface area is 170 Å². The van der Waals surface area contributed by atoms with E-state index in [1.807, 2.05) is 31.2 Å². The van der Waals surface area contributed by atoms with Crippen LogP contribution in [0.4, 0.5) is 0 Å². The molecule has 8 heteroatoms. The normalized spacial score (nSPS) is 10.8. The molecule has 2 aromatic carbocycles. The summed E-state index contributed by atoms with van der Waals surface area (Å²) in [5.41, 5.74) is 2.76. The van der Waals surface area contributed by atoms with Crippen LogP contribution in [-0.4, -0.2) is 27.6 Å². The first-order valence-corrected chi connectivity index (χ1v) is 9.74. The molecule has 0 fully saturated rings. The monoisotopic (exact) mass is 406 g/mol. The zero-order valence-corrected chi connectivity index (χ0v) is 16.7. The summed E-state index contributed by atoms with van der Waals surface area (Å²) in [6, 6.07) is 16.1. The van der Waals surface area contributed by atoms with E-state index in [0.29, 0.717) is 22.0 Å². The number of ether oxygens (including phenoxy) is 1. The highest BCUT2D eigenvalue weighted by molar-refractivity contribution is 7.19. The van der Waals surface area contributed by atoms with Crippen molar-refractivity contribution in [1.29, 1.82) is 0 Å². The first-order chi connectivity index (χ1) is 14.0. The van der Waals surface area contributed by atoms with Crippen molar-refractivity contribution in [3.63, 3.8) is 0 Å². The quantitative estimate of drug-likeness (QED) is 0.551. The summed E-state index contributed by atoms with van der Waals surface area (Å²) in [7, 11) is 1.57. The highest BCUT2D eigenvalue weighted by Crippen LogP contribution is 2.24. The molecule has 0 unspecified atom stereocenters. The molecule has 0 aliphatic carbocycles. The van der Waals surface area contributed by atoms with Gasteiger partial charge in [0.25, 0.3) is 11.5 Å². The van der Waals surface area contributed by atoms with Crippen molar-refractivity contribution in [2.45, 2.75) is 13.5 Å². The molecule has 1 N–H and O–H groups in total. The summed E-state index contributed by atoms with van der Waals surface area (Å²) in [6.45, 7) is 2.15.